The second-order valence-electron chi connectivity index (χ2n) is 5.22. The molecule has 122 valence electrons. The summed E-state index contributed by atoms with van der Waals surface area (Å²) in [5.41, 5.74) is 1.07. The molecule has 0 aliphatic heterocycles. The van der Waals surface area contributed by atoms with Crippen molar-refractivity contribution in [2.24, 2.45) is 5.14 Å². The quantitative estimate of drug-likeness (QED) is 0.652. The van der Waals surface area contributed by atoms with Crippen molar-refractivity contribution in [1.82, 2.24) is 9.97 Å². The fraction of sp³-hybridized carbons (Fsp3) is 0.286. The average Bonchev–Trinajstić information content (AvgIpc) is 2.81. The van der Waals surface area contributed by atoms with Gasteiger partial charge in [0.1, 0.15) is 15.6 Å². The van der Waals surface area contributed by atoms with Crippen molar-refractivity contribution in [3.05, 3.63) is 35.5 Å². The van der Waals surface area contributed by atoms with E-state index in [2.05, 4.69) is 9.97 Å². The van der Waals surface area contributed by atoms with Crippen molar-refractivity contribution in [2.45, 2.75) is 28.8 Å². The Morgan fingerprint density at radius 3 is 2.78 bits per heavy atom. The Morgan fingerprint density at radius 2 is 2.13 bits per heavy atom. The number of nitrogens with one attached hydrogen (secondary N) is 1. The molecule has 0 amide bonds. The molecule has 1 aliphatic rings. The van der Waals surface area contributed by atoms with Gasteiger partial charge in [0.15, 0.2) is 5.16 Å². The molecule has 1 aromatic heterocycles. The second-order valence-corrected chi connectivity index (χ2v) is 7.67. The predicted molar refractivity (Wildman–Crippen MR) is 84.8 cm³/mol. The smallest absolute Gasteiger partial charge is 0.241 e. The summed E-state index contributed by atoms with van der Waals surface area (Å²) in [6.45, 7) is 0. The lowest BCUT2D eigenvalue weighted by atomic mass is 10.1. The molecule has 1 unspecified atom stereocenters. The van der Waals surface area contributed by atoms with Gasteiger partial charge >= 0.3 is 0 Å². The van der Waals surface area contributed by atoms with E-state index in [4.69, 9.17) is 9.92 Å². The number of alkyl halides is 2. The zero-order valence-electron chi connectivity index (χ0n) is 12.2. The molecule has 3 rings (SSSR count). The molecule has 9 heteroatoms. The van der Waals surface area contributed by atoms with Gasteiger partial charge in [-0.3, -0.25) is 0 Å². The maximum absolute atomic E-state index is 14.0. The maximum Gasteiger partial charge on any atom is 0.290 e. The van der Waals surface area contributed by atoms with Gasteiger partial charge in [-0.15, -0.1) is 0 Å². The molecule has 1 aromatic carbocycles. The zero-order valence-corrected chi connectivity index (χ0v) is 13.8. The van der Waals surface area contributed by atoms with E-state index in [1.165, 1.54) is 23.9 Å². The van der Waals surface area contributed by atoms with Gasteiger partial charge in [-0.1, -0.05) is 23.9 Å². The van der Waals surface area contributed by atoms with Gasteiger partial charge in [0, 0.05) is 17.5 Å². The predicted octanol–water partition coefficient (Wildman–Crippen LogP) is 3.18. The zero-order chi connectivity index (χ0) is 16.8. The third-order valence-electron chi connectivity index (χ3n) is 3.66. The average molecular weight is 356 g/mol. The third-order valence-corrected chi connectivity index (χ3v) is 5.16. The minimum absolute atomic E-state index is 0.137. The summed E-state index contributed by atoms with van der Waals surface area (Å²) in [7, 11) is -3.38. The first-order valence-electron chi connectivity index (χ1n) is 6.72. The van der Waals surface area contributed by atoms with Gasteiger partial charge in [0.25, 0.3) is 5.92 Å². The summed E-state index contributed by atoms with van der Waals surface area (Å²) in [6.07, 6.45) is 1.59. The van der Waals surface area contributed by atoms with Crippen LogP contribution in [0.25, 0.3) is 11.3 Å². The first-order chi connectivity index (χ1) is 10.7. The highest BCUT2D eigenvalue weighted by Crippen LogP contribution is 2.44. The minimum atomic E-state index is -3.38. The molecule has 0 saturated carbocycles. The first-order valence-corrected chi connectivity index (χ1v) is 9.57. The van der Waals surface area contributed by atoms with Crippen LogP contribution in [0.1, 0.15) is 17.7 Å². The number of halogens is 2. The number of aromatic nitrogens is 2. The van der Waals surface area contributed by atoms with Crippen molar-refractivity contribution >= 4 is 21.7 Å². The van der Waals surface area contributed by atoms with Crippen molar-refractivity contribution in [2.75, 3.05) is 6.26 Å². The Balaban J connectivity index is 2.24. The van der Waals surface area contributed by atoms with E-state index in [1.54, 1.807) is 18.4 Å². The normalized spacial score (nSPS) is 18.4. The van der Waals surface area contributed by atoms with Crippen LogP contribution in [-0.4, -0.2) is 20.4 Å². The highest BCUT2D eigenvalue weighted by atomic mass is 32.2. The number of rotatable bonds is 3. The van der Waals surface area contributed by atoms with Crippen molar-refractivity contribution in [3.63, 3.8) is 0 Å². The van der Waals surface area contributed by atoms with E-state index in [0.29, 0.717) is 16.8 Å². The number of fused-ring (bicyclic) bond motifs is 1. The molecule has 1 heterocycles. The molecule has 1 aliphatic carbocycles. The van der Waals surface area contributed by atoms with Crippen molar-refractivity contribution in [1.29, 1.82) is 4.78 Å². The van der Waals surface area contributed by atoms with Crippen LogP contribution in [-0.2, 0) is 22.3 Å². The Bertz CT molecular complexity index is 884. The first kappa shape index (κ1) is 16.3. The van der Waals surface area contributed by atoms with Crippen LogP contribution >= 0.6 is 11.8 Å². The molecular formula is C14H14F2N4OS2. The number of benzene rings is 1. The number of hydrogen-bond acceptors (Lipinski definition) is 5. The van der Waals surface area contributed by atoms with Crippen LogP contribution in [0.5, 0.6) is 0 Å². The Labute approximate surface area is 136 Å². The standard InChI is InChI=1S/C14H14F2N4OS2/c1-22-13-19-11(10-5-6-14(15,16)12(10)20-13)8-3-2-4-9(7-8)23(17,18)21/h2-4,7H,5-6H2,1H3,(H3,17,18,21). The molecular weight excluding hydrogens is 342 g/mol. The van der Waals surface area contributed by atoms with Gasteiger partial charge in [0.2, 0.25) is 0 Å². The number of hydrogen-bond donors (Lipinski definition) is 2. The summed E-state index contributed by atoms with van der Waals surface area (Å²) in [4.78, 5) is 8.45. The molecule has 23 heavy (non-hydrogen) atoms. The molecule has 0 saturated heterocycles. The van der Waals surface area contributed by atoms with Gasteiger partial charge in [0.05, 0.1) is 10.6 Å². The van der Waals surface area contributed by atoms with Gasteiger partial charge in [-0.2, -0.15) is 8.78 Å². The summed E-state index contributed by atoms with van der Waals surface area (Å²) in [5.74, 6) is -2.97. The highest BCUT2D eigenvalue weighted by molar-refractivity contribution is 7.98. The van der Waals surface area contributed by atoms with E-state index in [-0.39, 0.29) is 28.6 Å². The maximum atomic E-state index is 14.0. The lowest BCUT2D eigenvalue weighted by molar-refractivity contribution is -0.00650. The largest absolute Gasteiger partial charge is 0.290 e. The van der Waals surface area contributed by atoms with E-state index in [9.17, 15) is 13.0 Å². The van der Waals surface area contributed by atoms with Gasteiger partial charge in [-0.05, 0) is 24.8 Å². The molecule has 0 bridgehead atoms. The summed E-state index contributed by atoms with van der Waals surface area (Å²) < 4.78 is 47.2. The summed E-state index contributed by atoms with van der Waals surface area (Å²) in [6, 6.07) is 6.22. The van der Waals surface area contributed by atoms with Crippen LogP contribution < -0.4 is 5.14 Å². The highest BCUT2D eigenvalue weighted by Gasteiger charge is 2.43. The molecule has 0 radical (unpaired) electrons. The van der Waals surface area contributed by atoms with E-state index in [1.807, 2.05) is 0 Å². The number of thioether (sulfide) groups is 1. The summed E-state index contributed by atoms with van der Waals surface area (Å²) in [5, 5.41) is 5.61. The molecule has 2 aromatic rings. The third kappa shape index (κ3) is 2.96. The molecule has 3 N–H and O–H groups in total. The molecule has 5 nitrogen and oxygen atoms in total. The number of nitrogens with two attached hydrogens (primary N) is 1. The topological polar surface area (TPSA) is 92.7 Å². The van der Waals surface area contributed by atoms with Crippen LogP contribution in [0, 0.1) is 4.78 Å². The molecule has 1 atom stereocenters. The lowest BCUT2D eigenvalue weighted by Crippen LogP contribution is -2.12. The second kappa shape index (κ2) is 5.50. The van der Waals surface area contributed by atoms with E-state index in [0.717, 1.165) is 0 Å². The fourth-order valence-electron chi connectivity index (χ4n) is 2.57. The number of nitrogens with zero attached hydrogens (tertiary/aromatic N) is 2. The van der Waals surface area contributed by atoms with Crippen molar-refractivity contribution in [3.8, 4) is 11.3 Å². The molecule has 0 spiro atoms. The van der Waals surface area contributed by atoms with Crippen LogP contribution in [0.15, 0.2) is 34.3 Å². The Hall–Kier alpha value is -1.58. The van der Waals surface area contributed by atoms with Crippen LogP contribution in [0.3, 0.4) is 0 Å². The van der Waals surface area contributed by atoms with Gasteiger partial charge < -0.3 is 0 Å². The monoisotopic (exact) mass is 356 g/mol. The SMILES string of the molecule is CSc1nc(-c2cccc(S(=N)(N)=O)c2)c2c(n1)C(F)(F)CC2. The van der Waals surface area contributed by atoms with Crippen LogP contribution in [0.4, 0.5) is 8.78 Å². The van der Waals surface area contributed by atoms with Crippen LogP contribution in [0.2, 0.25) is 0 Å². The van der Waals surface area contributed by atoms with Gasteiger partial charge in [-0.25, -0.2) is 24.1 Å². The minimum Gasteiger partial charge on any atom is -0.241 e. The fourth-order valence-corrected chi connectivity index (χ4v) is 3.51. The Kier molecular flexibility index (Phi) is 3.89. The molecule has 0 fully saturated rings. The lowest BCUT2D eigenvalue weighted by Gasteiger charge is -2.13. The van der Waals surface area contributed by atoms with E-state index < -0.39 is 15.8 Å². The van der Waals surface area contributed by atoms with E-state index >= 15 is 0 Å². The Morgan fingerprint density at radius 1 is 1.39 bits per heavy atom. The summed E-state index contributed by atoms with van der Waals surface area (Å²) >= 11 is 1.18. The van der Waals surface area contributed by atoms with Crippen molar-refractivity contribution < 1.29 is 13.0 Å².